The molecule has 0 radical (unpaired) electrons. The molecular weight excluding hydrogens is 294 g/mol. The van der Waals surface area contributed by atoms with Crippen LogP contribution >= 0.6 is 22.9 Å². The number of carbonyl (C=O) groups is 1. The van der Waals surface area contributed by atoms with Crippen molar-refractivity contribution in [3.63, 3.8) is 0 Å². The Morgan fingerprint density at radius 1 is 1.45 bits per heavy atom. The largest absolute Gasteiger partial charge is 0.480 e. The van der Waals surface area contributed by atoms with Gasteiger partial charge in [-0.3, -0.25) is 9.69 Å². The Kier molecular flexibility index (Phi) is 5.02. The van der Waals surface area contributed by atoms with E-state index in [4.69, 9.17) is 16.7 Å². The van der Waals surface area contributed by atoms with E-state index in [-0.39, 0.29) is 6.54 Å². The Labute approximate surface area is 127 Å². The summed E-state index contributed by atoms with van der Waals surface area (Å²) in [5, 5.41) is 10.9. The van der Waals surface area contributed by atoms with Crippen molar-refractivity contribution in [3.8, 4) is 0 Å². The normalized spacial score (nSPS) is 11.4. The van der Waals surface area contributed by atoms with Crippen molar-refractivity contribution >= 4 is 39.0 Å². The van der Waals surface area contributed by atoms with E-state index in [0.717, 1.165) is 22.7 Å². The molecule has 3 nitrogen and oxygen atoms in total. The molecule has 0 spiro atoms. The minimum atomic E-state index is -0.782. The van der Waals surface area contributed by atoms with Crippen molar-refractivity contribution in [2.24, 2.45) is 0 Å². The molecule has 1 aromatic carbocycles. The summed E-state index contributed by atoms with van der Waals surface area (Å²) in [4.78, 5) is 14.1. The number of rotatable bonds is 6. The first-order valence-corrected chi connectivity index (χ1v) is 7.83. The fraction of sp³-hybridized carbons (Fsp3) is 0.400. The second kappa shape index (κ2) is 6.57. The molecule has 0 bridgehead atoms. The quantitative estimate of drug-likeness (QED) is 0.871. The average molecular weight is 312 g/mol. The van der Waals surface area contributed by atoms with E-state index < -0.39 is 5.97 Å². The van der Waals surface area contributed by atoms with Gasteiger partial charge in [0.2, 0.25) is 0 Å². The minimum absolute atomic E-state index is 0.0786. The summed E-state index contributed by atoms with van der Waals surface area (Å²) < 4.78 is 1.09. The van der Waals surface area contributed by atoms with Gasteiger partial charge in [0.05, 0.1) is 16.3 Å². The number of thiophene rings is 1. The number of carboxylic acid groups (broad SMARTS) is 1. The molecular formula is C15H18ClNO2S. The highest BCUT2D eigenvalue weighted by atomic mass is 35.5. The minimum Gasteiger partial charge on any atom is -0.480 e. The first kappa shape index (κ1) is 15.3. The number of hydrogen-bond donors (Lipinski definition) is 1. The van der Waals surface area contributed by atoms with Crippen LogP contribution in [0.25, 0.3) is 10.1 Å². The standard InChI is InChI=1S/C15H18ClNO2S/c1-3-7-17(9-14(18)19)8-13-10(2)11-5-4-6-12(16)15(11)20-13/h4-6H,3,7-9H2,1-2H3,(H,18,19). The molecule has 0 aliphatic rings. The molecule has 5 heteroatoms. The van der Waals surface area contributed by atoms with E-state index in [9.17, 15) is 4.79 Å². The Balaban J connectivity index is 2.30. The molecule has 0 fully saturated rings. The number of benzene rings is 1. The van der Waals surface area contributed by atoms with Gasteiger partial charge >= 0.3 is 5.97 Å². The van der Waals surface area contributed by atoms with Crippen molar-refractivity contribution in [1.29, 1.82) is 0 Å². The molecule has 2 aromatic rings. The number of fused-ring (bicyclic) bond motifs is 1. The number of aryl methyl sites for hydroxylation is 1. The van der Waals surface area contributed by atoms with Gasteiger partial charge in [-0.2, -0.15) is 0 Å². The van der Waals surface area contributed by atoms with Gasteiger partial charge in [0.15, 0.2) is 0 Å². The van der Waals surface area contributed by atoms with Gasteiger partial charge in [0, 0.05) is 11.4 Å². The van der Waals surface area contributed by atoms with Gasteiger partial charge in [0.1, 0.15) is 0 Å². The van der Waals surface area contributed by atoms with E-state index in [2.05, 4.69) is 19.9 Å². The summed E-state index contributed by atoms with van der Waals surface area (Å²) in [5.74, 6) is -0.782. The Morgan fingerprint density at radius 3 is 2.80 bits per heavy atom. The van der Waals surface area contributed by atoms with Crippen molar-refractivity contribution in [3.05, 3.63) is 33.7 Å². The molecule has 20 heavy (non-hydrogen) atoms. The monoisotopic (exact) mass is 311 g/mol. The molecule has 1 N–H and O–H groups in total. The van der Waals surface area contributed by atoms with Crippen LogP contribution in [0.3, 0.4) is 0 Å². The lowest BCUT2D eigenvalue weighted by molar-refractivity contribution is -0.138. The zero-order valence-corrected chi connectivity index (χ0v) is 13.2. The lowest BCUT2D eigenvalue weighted by Crippen LogP contribution is -2.29. The van der Waals surface area contributed by atoms with Crippen LogP contribution in [-0.4, -0.2) is 29.1 Å². The molecule has 1 aromatic heterocycles. The molecule has 0 saturated heterocycles. The third-order valence-corrected chi connectivity index (χ3v) is 5.03. The van der Waals surface area contributed by atoms with Crippen LogP contribution in [0.5, 0.6) is 0 Å². The molecule has 0 amide bonds. The average Bonchev–Trinajstić information content (AvgIpc) is 2.68. The number of hydrogen-bond acceptors (Lipinski definition) is 3. The Bertz CT molecular complexity index is 624. The maximum Gasteiger partial charge on any atom is 0.317 e. The molecule has 0 atom stereocenters. The summed E-state index contributed by atoms with van der Waals surface area (Å²) in [5.41, 5.74) is 1.21. The van der Waals surface area contributed by atoms with Crippen molar-refractivity contribution < 1.29 is 9.90 Å². The van der Waals surface area contributed by atoms with Crippen LogP contribution in [0, 0.1) is 6.92 Å². The Hall–Kier alpha value is -1.10. The number of halogens is 1. The highest BCUT2D eigenvalue weighted by molar-refractivity contribution is 7.20. The van der Waals surface area contributed by atoms with Crippen LogP contribution in [0.2, 0.25) is 5.02 Å². The van der Waals surface area contributed by atoms with Crippen LogP contribution < -0.4 is 0 Å². The smallest absolute Gasteiger partial charge is 0.317 e. The zero-order valence-electron chi connectivity index (χ0n) is 11.6. The van der Waals surface area contributed by atoms with Crippen LogP contribution in [-0.2, 0) is 11.3 Å². The number of aliphatic carboxylic acids is 1. The van der Waals surface area contributed by atoms with Crippen LogP contribution in [0.15, 0.2) is 18.2 Å². The van der Waals surface area contributed by atoms with Crippen molar-refractivity contribution in [1.82, 2.24) is 4.90 Å². The summed E-state index contributed by atoms with van der Waals surface area (Å²) in [6.07, 6.45) is 0.942. The predicted molar refractivity (Wildman–Crippen MR) is 84.8 cm³/mol. The first-order chi connectivity index (χ1) is 9.52. The molecule has 0 saturated carbocycles. The SMILES string of the molecule is CCCN(CC(=O)O)Cc1sc2c(Cl)cccc2c1C. The maximum atomic E-state index is 10.9. The first-order valence-electron chi connectivity index (χ1n) is 6.63. The Morgan fingerprint density at radius 2 is 2.20 bits per heavy atom. The van der Waals surface area contributed by atoms with E-state index in [1.165, 1.54) is 15.8 Å². The fourth-order valence-electron chi connectivity index (χ4n) is 2.33. The summed E-state index contributed by atoms with van der Waals surface area (Å²) in [7, 11) is 0. The van der Waals surface area contributed by atoms with E-state index in [1.54, 1.807) is 11.3 Å². The number of carboxylic acids is 1. The van der Waals surface area contributed by atoms with Gasteiger partial charge in [-0.05, 0) is 36.9 Å². The van der Waals surface area contributed by atoms with E-state index in [0.29, 0.717) is 6.54 Å². The highest BCUT2D eigenvalue weighted by Crippen LogP contribution is 2.36. The van der Waals surface area contributed by atoms with Crippen LogP contribution in [0.1, 0.15) is 23.8 Å². The van der Waals surface area contributed by atoms with Gasteiger partial charge in [0.25, 0.3) is 0 Å². The lowest BCUT2D eigenvalue weighted by Gasteiger charge is -2.18. The summed E-state index contributed by atoms with van der Waals surface area (Å²) in [6, 6.07) is 5.91. The zero-order chi connectivity index (χ0) is 14.7. The van der Waals surface area contributed by atoms with E-state index in [1.807, 2.05) is 17.0 Å². The second-order valence-electron chi connectivity index (χ2n) is 4.87. The summed E-state index contributed by atoms with van der Waals surface area (Å²) in [6.45, 7) is 5.67. The topological polar surface area (TPSA) is 40.5 Å². The summed E-state index contributed by atoms with van der Waals surface area (Å²) >= 11 is 7.89. The second-order valence-corrected chi connectivity index (χ2v) is 6.38. The van der Waals surface area contributed by atoms with Crippen molar-refractivity contribution in [2.45, 2.75) is 26.8 Å². The molecule has 108 valence electrons. The molecule has 2 rings (SSSR count). The van der Waals surface area contributed by atoms with Crippen LogP contribution in [0.4, 0.5) is 0 Å². The van der Waals surface area contributed by atoms with Gasteiger partial charge < -0.3 is 5.11 Å². The van der Waals surface area contributed by atoms with Gasteiger partial charge in [-0.25, -0.2) is 0 Å². The van der Waals surface area contributed by atoms with E-state index >= 15 is 0 Å². The molecule has 0 aliphatic heterocycles. The third kappa shape index (κ3) is 3.32. The number of nitrogens with zero attached hydrogens (tertiary/aromatic N) is 1. The van der Waals surface area contributed by atoms with Gasteiger partial charge in [-0.15, -0.1) is 11.3 Å². The maximum absolute atomic E-state index is 10.9. The predicted octanol–water partition coefficient (Wildman–Crippen LogP) is 4.16. The van der Waals surface area contributed by atoms with Crippen molar-refractivity contribution in [2.75, 3.05) is 13.1 Å². The molecule has 0 aliphatic carbocycles. The molecule has 0 unspecified atom stereocenters. The highest BCUT2D eigenvalue weighted by Gasteiger charge is 2.15. The van der Waals surface area contributed by atoms with Gasteiger partial charge in [-0.1, -0.05) is 30.7 Å². The molecule has 1 heterocycles. The third-order valence-electron chi connectivity index (χ3n) is 3.28. The fourth-order valence-corrected chi connectivity index (χ4v) is 3.88. The lowest BCUT2D eigenvalue weighted by atomic mass is 10.1.